The van der Waals surface area contributed by atoms with E-state index >= 15 is 0 Å². The van der Waals surface area contributed by atoms with Gasteiger partial charge in [-0.3, -0.25) is 0 Å². The average molecular weight is 371 g/mol. The van der Waals surface area contributed by atoms with Crippen LogP contribution in [0, 0.1) is 5.82 Å². The van der Waals surface area contributed by atoms with Crippen molar-refractivity contribution in [3.63, 3.8) is 0 Å². The van der Waals surface area contributed by atoms with E-state index in [1.54, 1.807) is 36.4 Å². The van der Waals surface area contributed by atoms with Crippen LogP contribution in [0.4, 0.5) is 4.39 Å². The summed E-state index contributed by atoms with van der Waals surface area (Å²) in [6.45, 7) is 0.139. The Hall–Kier alpha value is -2.70. The Balaban J connectivity index is 1.69. The maximum atomic E-state index is 13.6. The molecule has 1 N–H and O–H groups in total. The maximum Gasteiger partial charge on any atom is 0.240 e. The molecule has 0 aromatic heterocycles. The fraction of sp³-hybridized carbons (Fsp3) is 0.100. The number of hydrogen-bond donors (Lipinski definition) is 1. The molecule has 0 bridgehead atoms. The molecule has 0 spiro atoms. The minimum Gasteiger partial charge on any atom is -0.489 e. The third-order valence-corrected chi connectivity index (χ3v) is 5.17. The summed E-state index contributed by atoms with van der Waals surface area (Å²) in [4.78, 5) is 0.114. The van der Waals surface area contributed by atoms with Crippen LogP contribution in [0.5, 0.6) is 5.75 Å². The lowest BCUT2D eigenvalue weighted by atomic mass is 10.2. The van der Waals surface area contributed by atoms with Crippen molar-refractivity contribution >= 4 is 10.0 Å². The van der Waals surface area contributed by atoms with Crippen molar-refractivity contribution in [3.8, 4) is 5.75 Å². The van der Waals surface area contributed by atoms with Gasteiger partial charge in [-0.05, 0) is 35.9 Å². The second-order valence-electron chi connectivity index (χ2n) is 5.67. The topological polar surface area (TPSA) is 55.4 Å². The average Bonchev–Trinajstić information content (AvgIpc) is 2.67. The molecule has 0 saturated heterocycles. The van der Waals surface area contributed by atoms with Gasteiger partial charge >= 0.3 is 0 Å². The molecule has 0 aliphatic heterocycles. The number of rotatable bonds is 7. The zero-order chi connectivity index (χ0) is 18.4. The number of hydrogen-bond acceptors (Lipinski definition) is 3. The van der Waals surface area contributed by atoms with E-state index in [0.717, 1.165) is 5.56 Å². The van der Waals surface area contributed by atoms with Crippen LogP contribution in [0.25, 0.3) is 0 Å². The molecule has 4 nitrogen and oxygen atoms in total. The van der Waals surface area contributed by atoms with Crippen LogP contribution in [0.15, 0.2) is 83.8 Å². The number of halogens is 1. The standard InChI is InChI=1S/C20H18FNO3S/c21-20-12-5-4-8-17(20)14-22-26(23,24)19-11-6-7-16(13-19)15-25-18-9-2-1-3-10-18/h1-13,22H,14-15H2. The summed E-state index contributed by atoms with van der Waals surface area (Å²) in [5.74, 6) is 0.263. The number of benzene rings is 3. The molecule has 0 radical (unpaired) electrons. The van der Waals surface area contributed by atoms with Gasteiger partial charge in [0.1, 0.15) is 18.2 Å². The van der Waals surface area contributed by atoms with Crippen molar-refractivity contribution in [2.75, 3.05) is 0 Å². The molecule has 3 aromatic carbocycles. The third-order valence-electron chi connectivity index (χ3n) is 3.77. The first-order valence-corrected chi connectivity index (χ1v) is 9.53. The van der Waals surface area contributed by atoms with E-state index in [2.05, 4.69) is 4.72 Å². The van der Waals surface area contributed by atoms with Crippen molar-refractivity contribution in [1.82, 2.24) is 4.72 Å². The fourth-order valence-electron chi connectivity index (χ4n) is 2.38. The van der Waals surface area contributed by atoms with E-state index in [1.165, 1.54) is 12.1 Å². The van der Waals surface area contributed by atoms with Crippen LogP contribution in [-0.4, -0.2) is 8.42 Å². The Morgan fingerprint density at radius 3 is 2.38 bits per heavy atom. The van der Waals surface area contributed by atoms with Gasteiger partial charge in [0.25, 0.3) is 0 Å². The molecule has 0 unspecified atom stereocenters. The smallest absolute Gasteiger partial charge is 0.240 e. The predicted molar refractivity (Wildman–Crippen MR) is 97.6 cm³/mol. The second-order valence-corrected chi connectivity index (χ2v) is 7.43. The highest BCUT2D eigenvalue weighted by Gasteiger charge is 2.15. The molecule has 0 atom stereocenters. The lowest BCUT2D eigenvalue weighted by Gasteiger charge is -2.10. The van der Waals surface area contributed by atoms with Gasteiger partial charge in [-0.15, -0.1) is 0 Å². The zero-order valence-electron chi connectivity index (χ0n) is 13.9. The molecule has 3 aromatic rings. The van der Waals surface area contributed by atoms with Gasteiger partial charge in [-0.25, -0.2) is 17.5 Å². The summed E-state index contributed by atoms with van der Waals surface area (Å²) < 4.78 is 46.6. The summed E-state index contributed by atoms with van der Waals surface area (Å²) in [6, 6.07) is 21.8. The van der Waals surface area contributed by atoms with Crippen molar-refractivity contribution in [1.29, 1.82) is 0 Å². The summed E-state index contributed by atoms with van der Waals surface area (Å²) in [5.41, 5.74) is 1.02. The first-order valence-electron chi connectivity index (χ1n) is 8.04. The van der Waals surface area contributed by atoms with Gasteiger partial charge in [0, 0.05) is 12.1 Å². The van der Waals surface area contributed by atoms with Gasteiger partial charge < -0.3 is 4.74 Å². The van der Waals surface area contributed by atoms with Crippen molar-refractivity contribution in [2.45, 2.75) is 18.0 Å². The van der Waals surface area contributed by atoms with Crippen LogP contribution in [0.1, 0.15) is 11.1 Å². The van der Waals surface area contributed by atoms with Gasteiger partial charge in [0.05, 0.1) is 4.90 Å². The zero-order valence-corrected chi connectivity index (χ0v) is 14.7. The summed E-state index contributed by atoms with van der Waals surface area (Å²) in [5, 5.41) is 0. The Kier molecular flexibility index (Phi) is 5.65. The quantitative estimate of drug-likeness (QED) is 0.686. The highest BCUT2D eigenvalue weighted by Crippen LogP contribution is 2.16. The van der Waals surface area contributed by atoms with Gasteiger partial charge in [0.15, 0.2) is 0 Å². The first kappa shape index (κ1) is 18.1. The molecular weight excluding hydrogens is 353 g/mol. The fourth-order valence-corrected chi connectivity index (χ4v) is 3.46. The largest absolute Gasteiger partial charge is 0.489 e. The monoisotopic (exact) mass is 371 g/mol. The van der Waals surface area contributed by atoms with E-state index in [4.69, 9.17) is 4.74 Å². The molecule has 0 heterocycles. The minimum atomic E-state index is -3.75. The molecule has 6 heteroatoms. The van der Waals surface area contributed by atoms with Gasteiger partial charge in [-0.1, -0.05) is 48.5 Å². The van der Waals surface area contributed by atoms with Crippen LogP contribution < -0.4 is 9.46 Å². The lowest BCUT2D eigenvalue weighted by molar-refractivity contribution is 0.306. The molecule has 26 heavy (non-hydrogen) atoms. The van der Waals surface area contributed by atoms with E-state index in [-0.39, 0.29) is 18.0 Å². The highest BCUT2D eigenvalue weighted by atomic mass is 32.2. The third kappa shape index (κ3) is 4.68. The van der Waals surface area contributed by atoms with Crippen LogP contribution in [0.2, 0.25) is 0 Å². The van der Waals surface area contributed by atoms with Crippen LogP contribution in [0.3, 0.4) is 0 Å². The molecule has 0 aliphatic rings. The van der Waals surface area contributed by atoms with Crippen molar-refractivity contribution in [3.05, 3.63) is 95.8 Å². The molecule has 0 fully saturated rings. The number of sulfonamides is 1. The minimum absolute atomic E-state index is 0.111. The van der Waals surface area contributed by atoms with Gasteiger partial charge in [-0.2, -0.15) is 0 Å². The first-order chi connectivity index (χ1) is 12.5. The second kappa shape index (κ2) is 8.12. The number of ether oxygens (including phenoxy) is 1. The Morgan fingerprint density at radius 1 is 0.885 bits per heavy atom. The lowest BCUT2D eigenvalue weighted by Crippen LogP contribution is -2.23. The van der Waals surface area contributed by atoms with Crippen molar-refractivity contribution < 1.29 is 17.5 Å². The Bertz CT molecular complexity index is 975. The van der Waals surface area contributed by atoms with Crippen molar-refractivity contribution in [2.24, 2.45) is 0 Å². The molecular formula is C20H18FNO3S. The van der Waals surface area contributed by atoms with E-state index in [1.807, 2.05) is 30.3 Å². The van der Waals surface area contributed by atoms with Crippen LogP contribution in [-0.2, 0) is 23.2 Å². The summed E-state index contributed by atoms with van der Waals surface area (Å²) >= 11 is 0. The summed E-state index contributed by atoms with van der Waals surface area (Å²) in [6.07, 6.45) is 0. The van der Waals surface area contributed by atoms with E-state index in [9.17, 15) is 12.8 Å². The SMILES string of the molecule is O=S(=O)(NCc1ccccc1F)c1cccc(COc2ccccc2)c1. The maximum absolute atomic E-state index is 13.6. The van der Waals surface area contributed by atoms with Gasteiger partial charge in [0.2, 0.25) is 10.0 Å². The summed E-state index contributed by atoms with van der Waals surface area (Å²) in [7, 11) is -3.75. The van der Waals surface area contributed by atoms with E-state index in [0.29, 0.717) is 11.3 Å². The normalized spacial score (nSPS) is 11.3. The molecule has 3 rings (SSSR count). The highest BCUT2D eigenvalue weighted by molar-refractivity contribution is 7.89. The van der Waals surface area contributed by atoms with E-state index < -0.39 is 15.8 Å². The Labute approximate surface area is 152 Å². The molecule has 0 aliphatic carbocycles. The molecule has 134 valence electrons. The molecule has 0 saturated carbocycles. The number of nitrogens with one attached hydrogen (secondary N) is 1. The van der Waals surface area contributed by atoms with Crippen LogP contribution >= 0.6 is 0 Å². The Morgan fingerprint density at radius 2 is 1.62 bits per heavy atom. The predicted octanol–water partition coefficient (Wildman–Crippen LogP) is 3.88. The molecule has 0 amide bonds. The number of para-hydroxylation sites is 1.